The molecule has 42 heavy (non-hydrogen) atoms. The van der Waals surface area contributed by atoms with Crippen LogP contribution < -0.4 is 5.32 Å². The smallest absolute Gasteiger partial charge is 0.330 e. The van der Waals surface area contributed by atoms with Crippen LogP contribution in [0.1, 0.15) is 118 Å². The molecule has 230 valence electrons. The lowest BCUT2D eigenvalue weighted by molar-refractivity contribution is -0.167. The molecule has 4 aliphatic carbocycles. The third-order valence-corrected chi connectivity index (χ3v) is 14.1. The first-order valence-corrected chi connectivity index (χ1v) is 17.1. The zero-order valence-electron chi connectivity index (χ0n) is 27.7. The van der Waals surface area contributed by atoms with Gasteiger partial charge < -0.3 is 10.1 Å². The van der Waals surface area contributed by atoms with E-state index in [4.69, 9.17) is 4.74 Å². The van der Waals surface area contributed by atoms with Gasteiger partial charge in [-0.1, -0.05) is 76.6 Å². The maximum atomic E-state index is 13.0. The van der Waals surface area contributed by atoms with Gasteiger partial charge in [-0.25, -0.2) is 4.79 Å². The number of hydrogen-bond acceptors (Lipinski definition) is 3. The molecule has 6 rings (SSSR count). The van der Waals surface area contributed by atoms with Crippen molar-refractivity contribution in [2.24, 2.45) is 44.8 Å². The normalized spacial score (nSPS) is 42.3. The summed E-state index contributed by atoms with van der Waals surface area (Å²) in [6, 6.07) is 10.0. The molecule has 1 heterocycles. The summed E-state index contributed by atoms with van der Waals surface area (Å²) in [6.07, 6.45) is 18.8. The van der Waals surface area contributed by atoms with Gasteiger partial charge in [0.05, 0.1) is 6.61 Å². The summed E-state index contributed by atoms with van der Waals surface area (Å²) >= 11 is 0. The Bertz CT molecular complexity index is 1240. The molecule has 5 aliphatic rings. The number of benzene rings is 1. The van der Waals surface area contributed by atoms with Crippen molar-refractivity contribution in [1.82, 2.24) is 5.32 Å². The minimum absolute atomic E-state index is 0.0651. The molecule has 4 fully saturated rings. The average molecular weight is 572 g/mol. The second kappa shape index (κ2) is 10.4. The number of rotatable bonds is 4. The fourth-order valence-electron chi connectivity index (χ4n) is 11.5. The van der Waals surface area contributed by atoms with Gasteiger partial charge in [0.1, 0.15) is 0 Å². The first kappa shape index (κ1) is 30.2. The number of hydrogen-bond donors (Lipinski definition) is 1. The first-order valence-electron chi connectivity index (χ1n) is 17.1. The molecule has 0 spiro atoms. The van der Waals surface area contributed by atoms with Crippen molar-refractivity contribution in [3.05, 3.63) is 53.6 Å². The Morgan fingerprint density at radius 1 is 0.929 bits per heavy atom. The van der Waals surface area contributed by atoms with Crippen LogP contribution >= 0.6 is 0 Å². The van der Waals surface area contributed by atoms with Gasteiger partial charge in [-0.05, 0) is 136 Å². The van der Waals surface area contributed by atoms with Gasteiger partial charge in [0, 0.05) is 17.0 Å². The van der Waals surface area contributed by atoms with Crippen molar-refractivity contribution in [1.29, 1.82) is 0 Å². The van der Waals surface area contributed by atoms with Gasteiger partial charge in [0.2, 0.25) is 0 Å². The molecule has 3 saturated carbocycles. The molecule has 3 nitrogen and oxygen atoms in total. The number of fused-ring (bicyclic) bond motifs is 7. The second-order valence-corrected chi connectivity index (χ2v) is 17.2. The lowest BCUT2D eigenvalue weighted by Crippen LogP contribution is -2.64. The highest BCUT2D eigenvalue weighted by Gasteiger charge is 2.67. The third kappa shape index (κ3) is 4.76. The van der Waals surface area contributed by atoms with E-state index in [1.54, 1.807) is 11.6 Å². The van der Waals surface area contributed by atoms with Crippen LogP contribution in [0, 0.1) is 44.8 Å². The Hall–Kier alpha value is -1.87. The SMILES string of the molecule is CC1(C)CC[C@]2(COC(=O)/C=C/c3ccccc3)CC[C@]3(C)C(=CC[C@@H]4[C@@]5(C)CCCNC(C)(C)[C@@H]5CC[C@]43C)[C@H]2C1. The van der Waals surface area contributed by atoms with Crippen LogP contribution in [-0.2, 0) is 9.53 Å². The largest absolute Gasteiger partial charge is 0.462 e. The standard InChI is InChI=1S/C39H57NO2/c1-34(2)21-23-39(27-42-33(41)17-14-28-12-9-8-10-13-28)24-22-37(6)29(30(39)26-34)15-16-32-36(5)19-11-25-40-35(3,4)31(36)18-20-38(32,37)7/h8-10,12-15,17,30-32,40H,11,16,18-27H2,1-7H3/b17-14+/t30-,31+,32-,36+,37-,38-,39-/m1/s1. The van der Waals surface area contributed by atoms with E-state index in [1.807, 2.05) is 36.4 Å². The van der Waals surface area contributed by atoms with Gasteiger partial charge in [-0.3, -0.25) is 0 Å². The lowest BCUT2D eigenvalue weighted by atomic mass is 9.35. The molecule has 1 aliphatic heterocycles. The Balaban J connectivity index is 1.30. The van der Waals surface area contributed by atoms with E-state index >= 15 is 0 Å². The maximum Gasteiger partial charge on any atom is 0.330 e. The van der Waals surface area contributed by atoms with Crippen molar-refractivity contribution >= 4 is 12.0 Å². The quantitative estimate of drug-likeness (QED) is 0.222. The van der Waals surface area contributed by atoms with Crippen molar-refractivity contribution in [3.63, 3.8) is 0 Å². The molecule has 0 radical (unpaired) electrons. The number of allylic oxidation sites excluding steroid dienone is 2. The highest BCUT2D eigenvalue weighted by molar-refractivity contribution is 5.87. The zero-order valence-corrected chi connectivity index (χ0v) is 27.7. The van der Waals surface area contributed by atoms with Crippen LogP contribution in [0.5, 0.6) is 0 Å². The predicted octanol–water partition coefficient (Wildman–Crippen LogP) is 9.39. The van der Waals surface area contributed by atoms with E-state index < -0.39 is 0 Å². The van der Waals surface area contributed by atoms with Crippen LogP contribution in [0.15, 0.2) is 48.1 Å². The van der Waals surface area contributed by atoms with E-state index in [-0.39, 0.29) is 22.3 Å². The molecule has 1 aromatic rings. The van der Waals surface area contributed by atoms with Crippen molar-refractivity contribution < 1.29 is 9.53 Å². The van der Waals surface area contributed by atoms with Gasteiger partial charge in [0.15, 0.2) is 0 Å². The second-order valence-electron chi connectivity index (χ2n) is 17.2. The van der Waals surface area contributed by atoms with Crippen LogP contribution in [0.4, 0.5) is 0 Å². The van der Waals surface area contributed by atoms with Crippen LogP contribution in [0.3, 0.4) is 0 Å². The summed E-state index contributed by atoms with van der Waals surface area (Å²) in [5.41, 5.74) is 4.25. The maximum absolute atomic E-state index is 13.0. The highest BCUT2D eigenvalue weighted by atomic mass is 16.5. The Morgan fingerprint density at radius 2 is 1.67 bits per heavy atom. The van der Waals surface area contributed by atoms with E-state index in [0.717, 1.165) is 30.4 Å². The number of ether oxygens (including phenoxy) is 1. The predicted molar refractivity (Wildman–Crippen MR) is 174 cm³/mol. The fourth-order valence-corrected chi connectivity index (χ4v) is 11.5. The van der Waals surface area contributed by atoms with Crippen molar-refractivity contribution in [2.45, 2.75) is 118 Å². The van der Waals surface area contributed by atoms with Crippen LogP contribution in [-0.4, -0.2) is 24.7 Å². The molecule has 7 atom stereocenters. The monoisotopic (exact) mass is 571 g/mol. The van der Waals surface area contributed by atoms with E-state index in [2.05, 4.69) is 59.9 Å². The molecule has 0 unspecified atom stereocenters. The Morgan fingerprint density at radius 3 is 2.43 bits per heavy atom. The molecule has 0 aromatic heterocycles. The summed E-state index contributed by atoms with van der Waals surface area (Å²) in [5, 5.41) is 3.95. The topological polar surface area (TPSA) is 38.3 Å². The summed E-state index contributed by atoms with van der Waals surface area (Å²) in [7, 11) is 0. The number of carbonyl (C=O) groups excluding carboxylic acids is 1. The minimum Gasteiger partial charge on any atom is -0.462 e. The summed E-state index contributed by atoms with van der Waals surface area (Å²) in [6.45, 7) is 19.6. The third-order valence-electron chi connectivity index (χ3n) is 14.1. The van der Waals surface area contributed by atoms with Gasteiger partial charge in [-0.2, -0.15) is 0 Å². The molecule has 0 amide bonds. The number of esters is 1. The molecule has 1 saturated heterocycles. The number of nitrogens with one attached hydrogen (secondary N) is 1. The average Bonchev–Trinajstić information content (AvgIpc) is 3.06. The van der Waals surface area contributed by atoms with Crippen LogP contribution in [0.25, 0.3) is 6.08 Å². The number of carbonyl (C=O) groups is 1. The molecule has 1 N–H and O–H groups in total. The van der Waals surface area contributed by atoms with Crippen molar-refractivity contribution in [3.8, 4) is 0 Å². The van der Waals surface area contributed by atoms with Crippen LogP contribution in [0.2, 0.25) is 0 Å². The van der Waals surface area contributed by atoms with E-state index in [0.29, 0.717) is 28.8 Å². The summed E-state index contributed by atoms with van der Waals surface area (Å²) in [4.78, 5) is 13.0. The Labute approximate surface area is 256 Å². The van der Waals surface area contributed by atoms with E-state index in [9.17, 15) is 4.79 Å². The summed E-state index contributed by atoms with van der Waals surface area (Å²) < 4.78 is 6.14. The zero-order chi connectivity index (χ0) is 30.0. The highest BCUT2D eigenvalue weighted by Crippen LogP contribution is 2.74. The first-order chi connectivity index (χ1) is 19.7. The molecule has 3 heteroatoms. The minimum atomic E-state index is -0.203. The fraction of sp³-hybridized carbons (Fsp3) is 0.718. The summed E-state index contributed by atoms with van der Waals surface area (Å²) in [5.74, 6) is 1.75. The van der Waals surface area contributed by atoms with Gasteiger partial charge in [-0.15, -0.1) is 0 Å². The van der Waals surface area contributed by atoms with Gasteiger partial charge in [0.25, 0.3) is 0 Å². The molecular weight excluding hydrogens is 514 g/mol. The molecule has 0 bridgehead atoms. The Kier molecular flexibility index (Phi) is 7.44. The molecule has 1 aromatic carbocycles. The van der Waals surface area contributed by atoms with E-state index in [1.165, 1.54) is 57.8 Å². The molecular formula is C39H57NO2. The lowest BCUT2D eigenvalue weighted by Gasteiger charge is -2.70. The van der Waals surface area contributed by atoms with Gasteiger partial charge >= 0.3 is 5.97 Å². The van der Waals surface area contributed by atoms with Crippen molar-refractivity contribution in [2.75, 3.05) is 13.2 Å².